The minimum atomic E-state index is -0.0949. The first-order valence-electron chi connectivity index (χ1n) is 6.59. The predicted octanol–water partition coefficient (Wildman–Crippen LogP) is 0.832. The number of hydrogen-bond donors (Lipinski definition) is 2. The maximum absolute atomic E-state index is 9.58. The molecule has 1 heterocycles. The Hall–Kier alpha value is -0.160. The highest BCUT2D eigenvalue weighted by Gasteiger charge is 2.36. The third kappa shape index (κ3) is 3.65. The van der Waals surface area contributed by atoms with Crippen molar-refractivity contribution >= 4 is 0 Å². The van der Waals surface area contributed by atoms with Crippen LogP contribution in [0.2, 0.25) is 0 Å². The van der Waals surface area contributed by atoms with E-state index in [0.29, 0.717) is 5.92 Å². The Balaban J connectivity index is 2.69. The SMILES string of the molecule is COC1(C)CCCN(C(CO)C(N)C(C)C)C1. The van der Waals surface area contributed by atoms with E-state index in [9.17, 15) is 5.11 Å². The third-order valence-electron chi connectivity index (χ3n) is 4.05. The summed E-state index contributed by atoms with van der Waals surface area (Å²) in [6.45, 7) is 8.33. The fourth-order valence-corrected chi connectivity index (χ4v) is 2.62. The Labute approximate surface area is 105 Å². The standard InChI is InChI=1S/C13H28N2O2/c1-10(2)12(14)11(8-16)15-7-5-6-13(3,9-15)17-4/h10-12,16H,5-9,14H2,1-4H3. The zero-order valence-electron chi connectivity index (χ0n) is 11.6. The highest BCUT2D eigenvalue weighted by Crippen LogP contribution is 2.26. The molecule has 0 spiro atoms. The molecule has 0 amide bonds. The third-order valence-corrected chi connectivity index (χ3v) is 4.05. The van der Waals surface area contributed by atoms with Crippen molar-refractivity contribution < 1.29 is 9.84 Å². The van der Waals surface area contributed by atoms with E-state index in [1.165, 1.54) is 0 Å². The fourth-order valence-electron chi connectivity index (χ4n) is 2.62. The van der Waals surface area contributed by atoms with Gasteiger partial charge in [-0.1, -0.05) is 13.8 Å². The molecule has 3 atom stereocenters. The van der Waals surface area contributed by atoms with E-state index in [4.69, 9.17) is 10.5 Å². The quantitative estimate of drug-likeness (QED) is 0.752. The van der Waals surface area contributed by atoms with Crippen LogP contribution in [0.15, 0.2) is 0 Å². The number of nitrogens with two attached hydrogens (primary N) is 1. The number of aliphatic hydroxyl groups excluding tert-OH is 1. The monoisotopic (exact) mass is 244 g/mol. The van der Waals surface area contributed by atoms with Crippen LogP contribution in [0, 0.1) is 5.92 Å². The molecular weight excluding hydrogens is 216 g/mol. The van der Waals surface area contributed by atoms with Gasteiger partial charge in [0.1, 0.15) is 0 Å². The van der Waals surface area contributed by atoms with Crippen molar-refractivity contribution in [3.63, 3.8) is 0 Å². The summed E-state index contributed by atoms with van der Waals surface area (Å²) in [7, 11) is 1.76. The maximum Gasteiger partial charge on any atom is 0.0777 e. The van der Waals surface area contributed by atoms with Gasteiger partial charge in [-0.25, -0.2) is 0 Å². The van der Waals surface area contributed by atoms with Crippen LogP contribution in [0.25, 0.3) is 0 Å². The largest absolute Gasteiger partial charge is 0.395 e. The molecule has 0 aromatic heterocycles. The van der Waals surface area contributed by atoms with E-state index in [0.717, 1.165) is 25.9 Å². The minimum Gasteiger partial charge on any atom is -0.395 e. The van der Waals surface area contributed by atoms with Crippen LogP contribution in [0.3, 0.4) is 0 Å². The number of nitrogens with zero attached hydrogens (tertiary/aromatic N) is 1. The number of rotatable bonds is 5. The molecule has 1 saturated heterocycles. The molecule has 1 rings (SSSR count). The van der Waals surface area contributed by atoms with Crippen molar-refractivity contribution in [1.82, 2.24) is 4.90 Å². The molecule has 102 valence electrons. The number of aliphatic hydroxyl groups is 1. The van der Waals surface area contributed by atoms with Gasteiger partial charge in [0.2, 0.25) is 0 Å². The van der Waals surface area contributed by atoms with Gasteiger partial charge in [0.05, 0.1) is 12.2 Å². The van der Waals surface area contributed by atoms with Crippen molar-refractivity contribution in [2.75, 3.05) is 26.8 Å². The molecule has 0 radical (unpaired) electrons. The maximum atomic E-state index is 9.58. The summed E-state index contributed by atoms with van der Waals surface area (Å²) in [6.07, 6.45) is 2.18. The van der Waals surface area contributed by atoms with Crippen LogP contribution in [0.5, 0.6) is 0 Å². The highest BCUT2D eigenvalue weighted by molar-refractivity contribution is 4.91. The lowest BCUT2D eigenvalue weighted by atomic mass is 9.90. The second-order valence-electron chi connectivity index (χ2n) is 5.80. The molecule has 4 nitrogen and oxygen atoms in total. The second kappa shape index (κ2) is 6.14. The second-order valence-corrected chi connectivity index (χ2v) is 5.80. The van der Waals surface area contributed by atoms with Crippen molar-refractivity contribution in [3.8, 4) is 0 Å². The first kappa shape index (κ1) is 14.9. The average Bonchev–Trinajstić information content (AvgIpc) is 2.30. The van der Waals surface area contributed by atoms with Gasteiger partial charge >= 0.3 is 0 Å². The number of ether oxygens (including phenoxy) is 1. The molecule has 3 unspecified atom stereocenters. The smallest absolute Gasteiger partial charge is 0.0777 e. The molecule has 1 aliphatic rings. The number of piperidine rings is 1. The van der Waals surface area contributed by atoms with Crippen LogP contribution in [0.4, 0.5) is 0 Å². The van der Waals surface area contributed by atoms with E-state index in [1.54, 1.807) is 7.11 Å². The lowest BCUT2D eigenvalue weighted by Gasteiger charge is -2.44. The molecular formula is C13H28N2O2. The van der Waals surface area contributed by atoms with Crippen LogP contribution in [-0.2, 0) is 4.74 Å². The normalized spacial score (nSPS) is 30.5. The Kier molecular flexibility index (Phi) is 5.38. The van der Waals surface area contributed by atoms with E-state index < -0.39 is 0 Å². The van der Waals surface area contributed by atoms with Crippen molar-refractivity contribution in [1.29, 1.82) is 0 Å². The van der Waals surface area contributed by atoms with E-state index >= 15 is 0 Å². The van der Waals surface area contributed by atoms with E-state index in [-0.39, 0.29) is 24.3 Å². The fraction of sp³-hybridized carbons (Fsp3) is 1.00. The Bertz CT molecular complexity index is 235. The van der Waals surface area contributed by atoms with Gasteiger partial charge < -0.3 is 15.6 Å². The summed E-state index contributed by atoms with van der Waals surface area (Å²) in [5.41, 5.74) is 6.09. The molecule has 0 aliphatic carbocycles. The van der Waals surface area contributed by atoms with Crippen LogP contribution in [0.1, 0.15) is 33.6 Å². The molecule has 3 N–H and O–H groups in total. The van der Waals surface area contributed by atoms with Gasteiger partial charge in [0.15, 0.2) is 0 Å². The van der Waals surface area contributed by atoms with Gasteiger partial charge in [-0.3, -0.25) is 4.90 Å². The molecule has 1 aliphatic heterocycles. The molecule has 0 bridgehead atoms. The van der Waals surface area contributed by atoms with Crippen LogP contribution in [-0.4, -0.2) is 54.5 Å². The zero-order valence-corrected chi connectivity index (χ0v) is 11.6. The van der Waals surface area contributed by atoms with Crippen LogP contribution < -0.4 is 5.73 Å². The van der Waals surface area contributed by atoms with E-state index in [2.05, 4.69) is 25.7 Å². The lowest BCUT2D eigenvalue weighted by molar-refractivity contribution is -0.0708. The topological polar surface area (TPSA) is 58.7 Å². The zero-order chi connectivity index (χ0) is 13.1. The summed E-state index contributed by atoms with van der Waals surface area (Å²) >= 11 is 0. The number of hydrogen-bond acceptors (Lipinski definition) is 4. The molecule has 4 heteroatoms. The van der Waals surface area contributed by atoms with Crippen molar-refractivity contribution in [2.45, 2.75) is 51.3 Å². The highest BCUT2D eigenvalue weighted by atomic mass is 16.5. The number of methoxy groups -OCH3 is 1. The molecule has 0 saturated carbocycles. The summed E-state index contributed by atoms with van der Waals surface area (Å²) in [6, 6.07) is 0.0592. The Morgan fingerprint density at radius 3 is 2.59 bits per heavy atom. The van der Waals surface area contributed by atoms with E-state index in [1.807, 2.05) is 0 Å². The summed E-state index contributed by atoms with van der Waals surface area (Å²) < 4.78 is 5.58. The summed E-state index contributed by atoms with van der Waals surface area (Å²) in [5, 5.41) is 9.58. The number of likely N-dealkylation sites (tertiary alicyclic amines) is 1. The summed E-state index contributed by atoms with van der Waals surface area (Å²) in [4.78, 5) is 2.29. The molecule has 1 fully saturated rings. The first-order valence-corrected chi connectivity index (χ1v) is 6.59. The molecule has 17 heavy (non-hydrogen) atoms. The lowest BCUT2D eigenvalue weighted by Crippen LogP contribution is -2.58. The van der Waals surface area contributed by atoms with Gasteiger partial charge in [0, 0.05) is 25.7 Å². The predicted molar refractivity (Wildman–Crippen MR) is 69.9 cm³/mol. The Morgan fingerprint density at radius 2 is 2.12 bits per heavy atom. The Morgan fingerprint density at radius 1 is 1.47 bits per heavy atom. The van der Waals surface area contributed by atoms with Gasteiger partial charge in [-0.15, -0.1) is 0 Å². The van der Waals surface area contributed by atoms with Gasteiger partial charge in [-0.05, 0) is 32.2 Å². The van der Waals surface area contributed by atoms with Crippen molar-refractivity contribution in [3.05, 3.63) is 0 Å². The molecule has 0 aromatic rings. The van der Waals surface area contributed by atoms with Gasteiger partial charge in [-0.2, -0.15) is 0 Å². The first-order chi connectivity index (χ1) is 7.93. The average molecular weight is 244 g/mol. The minimum absolute atomic E-state index is 0.0132. The van der Waals surface area contributed by atoms with Gasteiger partial charge in [0.25, 0.3) is 0 Å². The van der Waals surface area contributed by atoms with Crippen LogP contribution >= 0.6 is 0 Å². The van der Waals surface area contributed by atoms with Crippen molar-refractivity contribution in [2.24, 2.45) is 11.7 Å². The molecule has 0 aromatic carbocycles. The summed E-state index contributed by atoms with van der Waals surface area (Å²) in [5.74, 6) is 0.378.